The van der Waals surface area contributed by atoms with Gasteiger partial charge in [0, 0.05) is 12.1 Å². The van der Waals surface area contributed by atoms with E-state index in [4.69, 9.17) is 4.74 Å². The molecule has 0 fully saturated rings. The Kier molecular flexibility index (Phi) is 7.02. The van der Waals surface area contributed by atoms with E-state index >= 15 is 0 Å². The Hall–Kier alpha value is -3.68. The zero-order chi connectivity index (χ0) is 22.4. The third-order valence-corrected chi connectivity index (χ3v) is 4.40. The molecule has 0 aliphatic rings. The molecule has 4 nitrogen and oxygen atoms in total. The highest BCUT2D eigenvalue weighted by Gasteiger charge is 2.21. The van der Waals surface area contributed by atoms with Gasteiger partial charge in [-0.3, -0.25) is 4.79 Å². The van der Waals surface area contributed by atoms with Crippen LogP contribution in [0, 0.1) is 23.3 Å². The molecule has 3 aromatic carbocycles. The van der Waals surface area contributed by atoms with Gasteiger partial charge in [-0.25, -0.2) is 22.4 Å². The second-order valence-electron chi connectivity index (χ2n) is 6.71. The maximum Gasteiger partial charge on any atom is 0.341 e. The summed E-state index contributed by atoms with van der Waals surface area (Å²) in [4.78, 5) is 24.6. The smallest absolute Gasteiger partial charge is 0.341 e. The molecule has 0 aromatic heterocycles. The van der Waals surface area contributed by atoms with Crippen molar-refractivity contribution in [3.8, 4) is 0 Å². The Bertz CT molecular complexity index is 1090. The first kappa shape index (κ1) is 22.0. The lowest BCUT2D eigenvalue weighted by Gasteiger charge is -2.19. The molecule has 0 aliphatic heterocycles. The van der Waals surface area contributed by atoms with Crippen molar-refractivity contribution >= 4 is 11.9 Å². The van der Waals surface area contributed by atoms with Crippen molar-refractivity contribution in [2.24, 2.45) is 0 Å². The summed E-state index contributed by atoms with van der Waals surface area (Å²) < 4.78 is 59.0. The van der Waals surface area contributed by atoms with E-state index in [1.165, 1.54) is 0 Å². The van der Waals surface area contributed by atoms with Gasteiger partial charge in [-0.2, -0.15) is 0 Å². The summed E-state index contributed by atoms with van der Waals surface area (Å²) in [7, 11) is 0. The Morgan fingerprint density at radius 1 is 0.806 bits per heavy atom. The van der Waals surface area contributed by atoms with E-state index in [1.807, 2.05) is 0 Å². The molecule has 0 heterocycles. The van der Waals surface area contributed by atoms with Crippen LogP contribution < -0.4 is 5.32 Å². The summed E-state index contributed by atoms with van der Waals surface area (Å²) in [5.41, 5.74) is -0.0532. The Labute approximate surface area is 175 Å². The van der Waals surface area contributed by atoms with Gasteiger partial charge < -0.3 is 10.1 Å². The fourth-order valence-corrected chi connectivity index (χ4v) is 2.90. The average Bonchev–Trinajstić information content (AvgIpc) is 2.72. The number of amides is 1. The standard InChI is InChI=1S/C23H17F4NO3/c24-15-6-8-18(20(26)11-15)22(29)28-17(10-14-4-2-1-3-5-14)13-31-23(30)19-9-7-16(25)12-21(19)27/h1-9,11-12,17H,10,13H2,(H,28,29)/t17-/m1/s1. The lowest BCUT2D eigenvalue weighted by Crippen LogP contribution is -2.40. The number of benzene rings is 3. The Morgan fingerprint density at radius 2 is 1.39 bits per heavy atom. The molecule has 31 heavy (non-hydrogen) atoms. The second-order valence-corrected chi connectivity index (χ2v) is 6.71. The van der Waals surface area contributed by atoms with Gasteiger partial charge in [-0.1, -0.05) is 30.3 Å². The number of rotatable bonds is 7. The number of halogens is 4. The van der Waals surface area contributed by atoms with Crippen molar-refractivity contribution in [2.75, 3.05) is 6.61 Å². The molecule has 1 N–H and O–H groups in total. The predicted octanol–water partition coefficient (Wildman–Crippen LogP) is 4.44. The molecule has 0 spiro atoms. The van der Waals surface area contributed by atoms with Crippen LogP contribution in [0.5, 0.6) is 0 Å². The predicted molar refractivity (Wildman–Crippen MR) is 104 cm³/mol. The minimum atomic E-state index is -1.08. The molecule has 1 atom stereocenters. The fourth-order valence-electron chi connectivity index (χ4n) is 2.90. The molecule has 3 aromatic rings. The first-order valence-electron chi connectivity index (χ1n) is 9.25. The van der Waals surface area contributed by atoms with E-state index in [2.05, 4.69) is 5.32 Å². The van der Waals surface area contributed by atoms with Crippen molar-refractivity contribution in [3.63, 3.8) is 0 Å². The highest BCUT2D eigenvalue weighted by molar-refractivity contribution is 5.94. The topological polar surface area (TPSA) is 55.4 Å². The van der Waals surface area contributed by atoms with Crippen LogP contribution in [0.15, 0.2) is 66.7 Å². The molecule has 0 aliphatic carbocycles. The zero-order valence-electron chi connectivity index (χ0n) is 16.1. The molecule has 8 heteroatoms. The normalized spacial score (nSPS) is 11.6. The molecular weight excluding hydrogens is 414 g/mol. The van der Waals surface area contributed by atoms with E-state index in [-0.39, 0.29) is 18.6 Å². The van der Waals surface area contributed by atoms with Gasteiger partial charge in [0.15, 0.2) is 0 Å². The summed E-state index contributed by atoms with van der Waals surface area (Å²) in [6, 6.07) is 13.0. The number of hydrogen-bond donors (Lipinski definition) is 1. The van der Waals surface area contributed by atoms with Crippen molar-refractivity contribution in [1.82, 2.24) is 5.32 Å². The van der Waals surface area contributed by atoms with Crippen LogP contribution in [0.3, 0.4) is 0 Å². The Morgan fingerprint density at radius 3 is 1.97 bits per heavy atom. The van der Waals surface area contributed by atoms with Crippen LogP contribution in [-0.4, -0.2) is 24.5 Å². The minimum absolute atomic E-state index is 0.217. The Balaban J connectivity index is 1.74. The highest BCUT2D eigenvalue weighted by atomic mass is 19.1. The molecule has 0 saturated carbocycles. The monoisotopic (exact) mass is 431 g/mol. The molecular formula is C23H17F4NO3. The third kappa shape index (κ3) is 5.91. The maximum absolute atomic E-state index is 13.9. The summed E-state index contributed by atoms with van der Waals surface area (Å²) in [6.07, 6.45) is 0.217. The molecule has 160 valence electrons. The molecule has 0 saturated heterocycles. The number of hydrogen-bond acceptors (Lipinski definition) is 3. The van der Waals surface area contributed by atoms with Crippen LogP contribution in [0.2, 0.25) is 0 Å². The first-order valence-corrected chi connectivity index (χ1v) is 9.25. The van der Waals surface area contributed by atoms with E-state index < -0.39 is 46.8 Å². The third-order valence-electron chi connectivity index (χ3n) is 4.40. The molecule has 1 amide bonds. The number of esters is 1. The number of ether oxygens (including phenoxy) is 1. The van der Waals surface area contributed by atoms with Crippen LogP contribution in [0.25, 0.3) is 0 Å². The van der Waals surface area contributed by atoms with Crippen LogP contribution in [0.4, 0.5) is 17.6 Å². The summed E-state index contributed by atoms with van der Waals surface area (Å²) in [5, 5.41) is 2.54. The number of carbonyl (C=O) groups excluding carboxylic acids is 2. The van der Waals surface area contributed by atoms with Crippen LogP contribution in [-0.2, 0) is 11.2 Å². The number of carbonyl (C=O) groups is 2. The lowest BCUT2D eigenvalue weighted by atomic mass is 10.1. The van der Waals surface area contributed by atoms with Gasteiger partial charge in [-0.15, -0.1) is 0 Å². The van der Waals surface area contributed by atoms with Gasteiger partial charge in [0.05, 0.1) is 17.2 Å². The second kappa shape index (κ2) is 9.88. The molecule has 0 radical (unpaired) electrons. The SMILES string of the molecule is O=C(N[C@@H](COC(=O)c1ccc(F)cc1F)Cc1ccccc1)c1ccc(F)cc1F. The summed E-state index contributed by atoms with van der Waals surface area (Å²) >= 11 is 0. The molecule has 3 rings (SSSR count). The van der Waals surface area contributed by atoms with Crippen molar-refractivity contribution < 1.29 is 31.9 Å². The summed E-state index contributed by atoms with van der Waals surface area (Å²) in [6.45, 7) is -0.362. The molecule has 0 bridgehead atoms. The quantitative estimate of drug-likeness (QED) is 0.445. The van der Waals surface area contributed by atoms with Crippen molar-refractivity contribution in [1.29, 1.82) is 0 Å². The van der Waals surface area contributed by atoms with Gasteiger partial charge in [0.1, 0.15) is 29.9 Å². The zero-order valence-corrected chi connectivity index (χ0v) is 16.1. The maximum atomic E-state index is 13.9. The lowest BCUT2D eigenvalue weighted by molar-refractivity contribution is 0.0450. The number of nitrogens with one attached hydrogen (secondary N) is 1. The van der Waals surface area contributed by atoms with Crippen molar-refractivity contribution in [2.45, 2.75) is 12.5 Å². The van der Waals surface area contributed by atoms with Gasteiger partial charge >= 0.3 is 5.97 Å². The van der Waals surface area contributed by atoms with Crippen LogP contribution in [0.1, 0.15) is 26.3 Å². The van der Waals surface area contributed by atoms with Crippen LogP contribution >= 0.6 is 0 Å². The molecule has 0 unspecified atom stereocenters. The first-order chi connectivity index (χ1) is 14.8. The fraction of sp³-hybridized carbons (Fsp3) is 0.130. The van der Waals surface area contributed by atoms with E-state index in [1.54, 1.807) is 30.3 Å². The van der Waals surface area contributed by atoms with Crippen molar-refractivity contribution in [3.05, 3.63) is 107 Å². The van der Waals surface area contributed by atoms with E-state index in [9.17, 15) is 27.2 Å². The van der Waals surface area contributed by atoms with Gasteiger partial charge in [-0.05, 0) is 36.2 Å². The van der Waals surface area contributed by atoms with Gasteiger partial charge in [0.25, 0.3) is 5.91 Å². The van der Waals surface area contributed by atoms with E-state index in [0.717, 1.165) is 29.8 Å². The highest BCUT2D eigenvalue weighted by Crippen LogP contribution is 2.13. The van der Waals surface area contributed by atoms with Gasteiger partial charge in [0.2, 0.25) is 0 Å². The van der Waals surface area contributed by atoms with E-state index in [0.29, 0.717) is 12.1 Å². The largest absolute Gasteiger partial charge is 0.460 e. The average molecular weight is 431 g/mol. The summed E-state index contributed by atoms with van der Waals surface area (Å²) in [5.74, 6) is -5.67. The minimum Gasteiger partial charge on any atom is -0.460 e.